The molecule has 0 aliphatic carbocycles. The summed E-state index contributed by atoms with van der Waals surface area (Å²) in [5.41, 5.74) is 1.98. The highest BCUT2D eigenvalue weighted by atomic mass is 79.9. The van der Waals surface area contributed by atoms with Gasteiger partial charge >= 0.3 is 0 Å². The van der Waals surface area contributed by atoms with Gasteiger partial charge < -0.3 is 9.72 Å². The van der Waals surface area contributed by atoms with Crippen molar-refractivity contribution in [3.8, 4) is 0 Å². The SMILES string of the molecule is CC(C)(C)OC=O.Clc1cc2[nH]ccc2cc1CCBr. The summed E-state index contributed by atoms with van der Waals surface area (Å²) in [6.07, 6.45) is 2.90. The summed E-state index contributed by atoms with van der Waals surface area (Å²) in [5, 5.41) is 3.01. The van der Waals surface area contributed by atoms with Crippen LogP contribution in [0, 0.1) is 0 Å². The van der Waals surface area contributed by atoms with E-state index in [9.17, 15) is 4.79 Å². The highest BCUT2D eigenvalue weighted by Crippen LogP contribution is 2.23. The molecule has 0 aliphatic rings. The van der Waals surface area contributed by atoms with Crippen molar-refractivity contribution >= 4 is 44.9 Å². The van der Waals surface area contributed by atoms with Gasteiger partial charge in [-0.15, -0.1) is 0 Å². The Morgan fingerprint density at radius 3 is 2.60 bits per heavy atom. The minimum absolute atomic E-state index is 0.318. The van der Waals surface area contributed by atoms with Gasteiger partial charge in [-0.3, -0.25) is 4.79 Å². The highest BCUT2D eigenvalue weighted by molar-refractivity contribution is 9.09. The molecular weight excluding hydrogens is 342 g/mol. The molecule has 0 saturated carbocycles. The number of hydrogen-bond donors (Lipinski definition) is 1. The smallest absolute Gasteiger partial charge is 0.293 e. The molecule has 1 aromatic carbocycles. The fourth-order valence-electron chi connectivity index (χ4n) is 1.56. The Bertz CT molecular complexity index is 560. The Kier molecular flexibility index (Phi) is 6.56. The van der Waals surface area contributed by atoms with Gasteiger partial charge in [-0.2, -0.15) is 0 Å². The average molecular weight is 361 g/mol. The number of carbonyl (C=O) groups is 1. The van der Waals surface area contributed by atoms with Crippen LogP contribution in [0.2, 0.25) is 5.02 Å². The minimum Gasteiger partial charge on any atom is -0.462 e. The molecule has 0 amide bonds. The number of alkyl halides is 1. The van der Waals surface area contributed by atoms with E-state index in [1.807, 2.05) is 33.0 Å². The summed E-state index contributed by atoms with van der Waals surface area (Å²) in [5.74, 6) is 0. The molecule has 5 heteroatoms. The normalized spacial score (nSPS) is 10.8. The fourth-order valence-corrected chi connectivity index (χ4v) is 2.24. The molecule has 3 nitrogen and oxygen atoms in total. The lowest BCUT2D eigenvalue weighted by Crippen LogP contribution is -2.17. The van der Waals surface area contributed by atoms with Gasteiger partial charge in [0.2, 0.25) is 0 Å². The Morgan fingerprint density at radius 2 is 2.10 bits per heavy atom. The quantitative estimate of drug-likeness (QED) is 0.636. The van der Waals surface area contributed by atoms with Crippen LogP contribution < -0.4 is 0 Å². The average Bonchev–Trinajstić information content (AvgIpc) is 2.76. The Morgan fingerprint density at radius 1 is 1.40 bits per heavy atom. The van der Waals surface area contributed by atoms with Crippen LogP contribution in [0.4, 0.5) is 0 Å². The van der Waals surface area contributed by atoms with E-state index in [1.165, 1.54) is 10.9 Å². The number of ether oxygens (including phenoxy) is 1. The molecule has 0 fully saturated rings. The molecule has 20 heavy (non-hydrogen) atoms. The monoisotopic (exact) mass is 359 g/mol. The predicted octanol–water partition coefficient (Wildman–Crippen LogP) is 4.72. The molecule has 2 aromatic rings. The van der Waals surface area contributed by atoms with E-state index in [1.54, 1.807) is 0 Å². The van der Waals surface area contributed by atoms with Crippen LogP contribution in [0.5, 0.6) is 0 Å². The zero-order chi connectivity index (χ0) is 15.2. The van der Waals surface area contributed by atoms with Crippen molar-refractivity contribution < 1.29 is 9.53 Å². The minimum atomic E-state index is -0.318. The maximum absolute atomic E-state index is 9.60. The van der Waals surface area contributed by atoms with Crippen LogP contribution in [0.1, 0.15) is 26.3 Å². The van der Waals surface area contributed by atoms with Gasteiger partial charge in [0.1, 0.15) is 5.60 Å². The zero-order valence-electron chi connectivity index (χ0n) is 11.9. The molecular formula is C15H19BrClNO2. The molecule has 0 unspecified atom stereocenters. The van der Waals surface area contributed by atoms with Crippen molar-refractivity contribution in [3.63, 3.8) is 0 Å². The number of benzene rings is 1. The third-order valence-corrected chi connectivity index (χ3v) is 3.23. The van der Waals surface area contributed by atoms with Crippen molar-refractivity contribution in [2.24, 2.45) is 0 Å². The van der Waals surface area contributed by atoms with Crippen LogP contribution >= 0.6 is 27.5 Å². The lowest BCUT2D eigenvalue weighted by Gasteiger charge is -2.14. The summed E-state index contributed by atoms with van der Waals surface area (Å²) in [6, 6.07) is 6.17. The van der Waals surface area contributed by atoms with E-state index in [0.717, 1.165) is 22.3 Å². The Balaban J connectivity index is 0.000000246. The second-order valence-corrected chi connectivity index (χ2v) is 6.47. The number of aryl methyl sites for hydroxylation is 1. The number of halogens is 2. The maximum Gasteiger partial charge on any atom is 0.293 e. The second kappa shape index (κ2) is 7.70. The van der Waals surface area contributed by atoms with Crippen molar-refractivity contribution in [1.29, 1.82) is 0 Å². The number of rotatable bonds is 3. The molecule has 0 spiro atoms. The van der Waals surface area contributed by atoms with E-state index < -0.39 is 0 Å². The summed E-state index contributed by atoms with van der Waals surface area (Å²) >= 11 is 9.51. The third kappa shape index (κ3) is 5.55. The first-order valence-corrected chi connectivity index (χ1v) is 7.80. The molecule has 0 saturated heterocycles. The van der Waals surface area contributed by atoms with Gasteiger partial charge in [-0.25, -0.2) is 0 Å². The first kappa shape index (κ1) is 17.1. The summed E-state index contributed by atoms with van der Waals surface area (Å²) in [4.78, 5) is 12.7. The Hall–Kier alpha value is -1.00. The maximum atomic E-state index is 9.60. The van der Waals surface area contributed by atoms with Crippen molar-refractivity contribution in [2.75, 3.05) is 5.33 Å². The van der Waals surface area contributed by atoms with Crippen LogP contribution in [0.25, 0.3) is 10.9 Å². The summed E-state index contributed by atoms with van der Waals surface area (Å²) < 4.78 is 4.55. The van der Waals surface area contributed by atoms with E-state index in [-0.39, 0.29) is 5.60 Å². The van der Waals surface area contributed by atoms with Crippen LogP contribution in [-0.4, -0.2) is 22.4 Å². The molecule has 2 rings (SSSR count). The molecule has 1 N–H and O–H groups in total. The predicted molar refractivity (Wildman–Crippen MR) is 87.7 cm³/mol. The van der Waals surface area contributed by atoms with Gasteiger partial charge in [0.05, 0.1) is 0 Å². The Labute approximate surface area is 132 Å². The topological polar surface area (TPSA) is 42.1 Å². The lowest BCUT2D eigenvalue weighted by atomic mass is 10.1. The van der Waals surface area contributed by atoms with Gasteiger partial charge in [-0.05, 0) is 56.3 Å². The van der Waals surface area contributed by atoms with E-state index >= 15 is 0 Å². The summed E-state index contributed by atoms with van der Waals surface area (Å²) in [7, 11) is 0. The number of fused-ring (bicyclic) bond motifs is 1. The van der Waals surface area contributed by atoms with Gasteiger partial charge in [-0.1, -0.05) is 27.5 Å². The summed E-state index contributed by atoms with van der Waals surface area (Å²) in [6.45, 7) is 5.92. The van der Waals surface area contributed by atoms with Crippen molar-refractivity contribution in [1.82, 2.24) is 4.98 Å². The van der Waals surface area contributed by atoms with E-state index in [0.29, 0.717) is 6.47 Å². The highest BCUT2D eigenvalue weighted by Gasteiger charge is 2.07. The molecule has 0 atom stereocenters. The molecule has 0 bridgehead atoms. The van der Waals surface area contributed by atoms with Gasteiger partial charge in [0, 0.05) is 22.1 Å². The van der Waals surface area contributed by atoms with Crippen LogP contribution in [0.3, 0.4) is 0 Å². The molecule has 0 aliphatic heterocycles. The lowest BCUT2D eigenvalue weighted by molar-refractivity contribution is -0.138. The molecule has 0 radical (unpaired) electrons. The number of carbonyl (C=O) groups excluding carboxylic acids is 1. The number of aromatic nitrogens is 1. The van der Waals surface area contributed by atoms with E-state index in [4.69, 9.17) is 11.6 Å². The molecule has 1 aromatic heterocycles. The van der Waals surface area contributed by atoms with Gasteiger partial charge in [0.15, 0.2) is 0 Å². The standard InChI is InChI=1S/C10H9BrClN.C5H10O2/c11-3-1-7-5-8-2-4-13-10(8)6-9(7)12;1-5(2,3)7-4-6/h2,4-6,13H,1,3H2;4H,1-3H3. The van der Waals surface area contributed by atoms with E-state index in [2.05, 4.69) is 37.8 Å². The number of aromatic amines is 1. The fraction of sp³-hybridized carbons (Fsp3) is 0.400. The zero-order valence-corrected chi connectivity index (χ0v) is 14.2. The first-order chi connectivity index (χ1) is 9.37. The van der Waals surface area contributed by atoms with Crippen LogP contribution in [-0.2, 0) is 16.0 Å². The molecule has 1 heterocycles. The number of hydrogen-bond acceptors (Lipinski definition) is 2. The number of H-pyrrole nitrogens is 1. The first-order valence-electron chi connectivity index (χ1n) is 6.30. The largest absolute Gasteiger partial charge is 0.462 e. The van der Waals surface area contributed by atoms with Gasteiger partial charge in [0.25, 0.3) is 6.47 Å². The van der Waals surface area contributed by atoms with Crippen LogP contribution in [0.15, 0.2) is 24.4 Å². The van der Waals surface area contributed by atoms with Crippen molar-refractivity contribution in [2.45, 2.75) is 32.8 Å². The van der Waals surface area contributed by atoms with Crippen molar-refractivity contribution in [3.05, 3.63) is 35.0 Å². The second-order valence-electron chi connectivity index (χ2n) is 5.27. The number of nitrogens with one attached hydrogen (secondary N) is 1. The molecule has 110 valence electrons. The third-order valence-electron chi connectivity index (χ3n) is 2.49.